The van der Waals surface area contributed by atoms with Crippen molar-refractivity contribution < 1.29 is 22.8 Å². The van der Waals surface area contributed by atoms with Crippen molar-refractivity contribution in [3.05, 3.63) is 102 Å². The maximum atomic E-state index is 13.1. The van der Waals surface area contributed by atoms with Crippen LogP contribution in [0.3, 0.4) is 0 Å². The lowest BCUT2D eigenvalue weighted by Crippen LogP contribution is -2.22. The molecule has 0 aliphatic rings. The van der Waals surface area contributed by atoms with Gasteiger partial charge in [0.25, 0.3) is 5.56 Å². The SMILES string of the molecule is Cc1cc2nc3s/c(=C/c4cccc(Oc5ccc(C(F)(F)F)cc5[N+](=O)[O-])c4)c(=O)n3c2cc1C. The maximum absolute atomic E-state index is 13.1. The van der Waals surface area contributed by atoms with Crippen molar-refractivity contribution in [3.63, 3.8) is 0 Å². The molecule has 0 amide bonds. The van der Waals surface area contributed by atoms with Crippen molar-refractivity contribution in [2.45, 2.75) is 20.0 Å². The van der Waals surface area contributed by atoms with Crippen molar-refractivity contribution in [1.29, 1.82) is 0 Å². The molecule has 36 heavy (non-hydrogen) atoms. The summed E-state index contributed by atoms with van der Waals surface area (Å²) in [6.45, 7) is 3.94. The van der Waals surface area contributed by atoms with E-state index >= 15 is 0 Å². The van der Waals surface area contributed by atoms with Crippen molar-refractivity contribution in [3.8, 4) is 11.5 Å². The van der Waals surface area contributed by atoms with Crippen LogP contribution in [-0.2, 0) is 6.18 Å². The Labute approximate surface area is 204 Å². The average Bonchev–Trinajstić information content (AvgIpc) is 3.29. The van der Waals surface area contributed by atoms with Crippen molar-refractivity contribution >= 4 is 39.1 Å². The highest BCUT2D eigenvalue weighted by atomic mass is 32.1. The Hall–Kier alpha value is -4.25. The van der Waals surface area contributed by atoms with Crippen LogP contribution in [0.2, 0.25) is 0 Å². The summed E-state index contributed by atoms with van der Waals surface area (Å²) in [5.74, 6) is -0.168. The Balaban J connectivity index is 1.53. The fourth-order valence-electron chi connectivity index (χ4n) is 3.79. The van der Waals surface area contributed by atoms with Crippen LogP contribution >= 0.6 is 11.3 Å². The van der Waals surface area contributed by atoms with Crippen LogP contribution in [0, 0.1) is 24.0 Å². The monoisotopic (exact) mass is 511 g/mol. The minimum atomic E-state index is -4.72. The lowest BCUT2D eigenvalue weighted by Gasteiger charge is -2.10. The molecule has 5 rings (SSSR count). The Morgan fingerprint density at radius 3 is 2.56 bits per heavy atom. The molecule has 0 unspecified atom stereocenters. The molecule has 0 radical (unpaired) electrons. The van der Waals surface area contributed by atoms with Crippen molar-refractivity contribution in [2.75, 3.05) is 0 Å². The molecule has 5 aromatic rings. The van der Waals surface area contributed by atoms with E-state index in [0.29, 0.717) is 21.1 Å². The van der Waals surface area contributed by atoms with Gasteiger partial charge in [0.2, 0.25) is 5.75 Å². The number of fused-ring (bicyclic) bond motifs is 3. The second-order valence-electron chi connectivity index (χ2n) is 8.18. The first-order valence-electron chi connectivity index (χ1n) is 10.6. The molecular formula is C25H16F3N3O4S. The summed E-state index contributed by atoms with van der Waals surface area (Å²) in [4.78, 5) is 28.6. The minimum absolute atomic E-state index is 0.164. The van der Waals surface area contributed by atoms with Crippen LogP contribution in [-0.4, -0.2) is 14.3 Å². The topological polar surface area (TPSA) is 86.7 Å². The normalized spacial score (nSPS) is 12.5. The predicted octanol–water partition coefficient (Wildman–Crippen LogP) is 5.79. The number of ether oxygens (including phenoxy) is 1. The minimum Gasteiger partial charge on any atom is -0.450 e. The molecule has 0 N–H and O–H groups in total. The number of benzene rings is 3. The van der Waals surface area contributed by atoms with Gasteiger partial charge >= 0.3 is 11.9 Å². The maximum Gasteiger partial charge on any atom is 0.416 e. The number of nitro benzene ring substituents is 1. The third kappa shape index (κ3) is 4.17. The molecule has 0 aliphatic carbocycles. The van der Waals surface area contributed by atoms with E-state index in [1.807, 2.05) is 26.0 Å². The number of aryl methyl sites for hydroxylation is 2. The van der Waals surface area contributed by atoms with E-state index in [9.17, 15) is 28.1 Å². The van der Waals surface area contributed by atoms with Gasteiger partial charge in [-0.05, 0) is 73.0 Å². The Kier molecular flexibility index (Phi) is 5.51. The molecule has 0 fully saturated rings. The van der Waals surface area contributed by atoms with Crippen LogP contribution in [0.1, 0.15) is 22.3 Å². The van der Waals surface area contributed by atoms with Crippen LogP contribution in [0.5, 0.6) is 11.5 Å². The van der Waals surface area contributed by atoms with Gasteiger partial charge < -0.3 is 4.74 Å². The van der Waals surface area contributed by atoms with Gasteiger partial charge in [-0.1, -0.05) is 23.5 Å². The molecule has 0 saturated heterocycles. The summed E-state index contributed by atoms with van der Waals surface area (Å²) >= 11 is 1.22. The van der Waals surface area contributed by atoms with Gasteiger partial charge in [-0.25, -0.2) is 9.38 Å². The largest absolute Gasteiger partial charge is 0.450 e. The van der Waals surface area contributed by atoms with E-state index in [-0.39, 0.29) is 17.1 Å². The number of imidazole rings is 1. The first-order valence-corrected chi connectivity index (χ1v) is 11.4. The molecular weight excluding hydrogens is 495 g/mol. The number of alkyl halides is 3. The van der Waals surface area contributed by atoms with Gasteiger partial charge in [-0.2, -0.15) is 13.2 Å². The van der Waals surface area contributed by atoms with Gasteiger partial charge in [0.1, 0.15) is 5.75 Å². The van der Waals surface area contributed by atoms with E-state index < -0.39 is 22.4 Å². The Morgan fingerprint density at radius 2 is 1.83 bits per heavy atom. The highest BCUT2D eigenvalue weighted by Gasteiger charge is 2.33. The number of hydrogen-bond donors (Lipinski definition) is 0. The van der Waals surface area contributed by atoms with E-state index in [0.717, 1.165) is 34.3 Å². The molecule has 0 spiro atoms. The first-order chi connectivity index (χ1) is 17.0. The zero-order chi connectivity index (χ0) is 25.8. The third-order valence-corrected chi connectivity index (χ3v) is 6.69. The highest BCUT2D eigenvalue weighted by molar-refractivity contribution is 7.15. The molecule has 0 atom stereocenters. The molecule has 0 aliphatic heterocycles. The van der Waals surface area contributed by atoms with Crippen LogP contribution in [0.25, 0.3) is 22.1 Å². The second kappa shape index (κ2) is 8.45. The summed E-state index contributed by atoms with van der Waals surface area (Å²) in [5.41, 5.74) is 1.97. The third-order valence-electron chi connectivity index (χ3n) is 5.72. The fourth-order valence-corrected chi connectivity index (χ4v) is 4.77. The van der Waals surface area contributed by atoms with Gasteiger partial charge in [-0.15, -0.1) is 0 Å². The summed E-state index contributed by atoms with van der Waals surface area (Å²) in [6, 6.07) is 12.3. The van der Waals surface area contributed by atoms with Crippen molar-refractivity contribution in [2.24, 2.45) is 0 Å². The molecule has 3 aromatic carbocycles. The second-order valence-corrected chi connectivity index (χ2v) is 9.19. The smallest absolute Gasteiger partial charge is 0.416 e. The number of hydrogen-bond acceptors (Lipinski definition) is 6. The fraction of sp³-hybridized carbons (Fsp3) is 0.120. The molecule has 0 bridgehead atoms. The lowest BCUT2D eigenvalue weighted by molar-refractivity contribution is -0.385. The number of nitro groups is 1. The van der Waals surface area contributed by atoms with Crippen LogP contribution in [0.4, 0.5) is 18.9 Å². The molecule has 11 heteroatoms. The van der Waals surface area contributed by atoms with E-state index in [1.54, 1.807) is 22.6 Å². The standard InChI is InChI=1S/C25H16F3N3O4S/c1-13-8-18-19(9-14(13)2)30-23(32)22(36-24(30)29-18)11-15-4-3-5-17(10-15)35-21-7-6-16(25(26,27)28)12-20(21)31(33)34/h3-12H,1-2H3/b22-11+. The van der Waals surface area contributed by atoms with E-state index in [2.05, 4.69) is 4.98 Å². The quantitative estimate of drug-likeness (QED) is 0.225. The van der Waals surface area contributed by atoms with Crippen LogP contribution in [0.15, 0.2) is 59.4 Å². The summed E-state index contributed by atoms with van der Waals surface area (Å²) in [5, 5.41) is 11.3. The molecule has 7 nitrogen and oxygen atoms in total. The molecule has 2 heterocycles. The molecule has 2 aromatic heterocycles. The van der Waals surface area contributed by atoms with Crippen molar-refractivity contribution in [1.82, 2.24) is 9.38 Å². The summed E-state index contributed by atoms with van der Waals surface area (Å²) in [6.07, 6.45) is -3.08. The number of nitrogens with zero attached hydrogens (tertiary/aromatic N) is 3. The average molecular weight is 511 g/mol. The lowest BCUT2D eigenvalue weighted by atomic mass is 10.1. The van der Waals surface area contributed by atoms with Crippen LogP contribution < -0.4 is 14.8 Å². The van der Waals surface area contributed by atoms with Gasteiger partial charge in [-0.3, -0.25) is 14.9 Å². The Bertz CT molecular complexity index is 1790. The molecule has 182 valence electrons. The zero-order valence-corrected chi connectivity index (χ0v) is 19.6. The van der Waals surface area contributed by atoms with Gasteiger partial charge in [0.15, 0.2) is 4.96 Å². The number of halogens is 3. The van der Waals surface area contributed by atoms with Gasteiger partial charge in [0, 0.05) is 6.07 Å². The number of aromatic nitrogens is 2. The zero-order valence-electron chi connectivity index (χ0n) is 18.8. The van der Waals surface area contributed by atoms with E-state index in [4.69, 9.17) is 4.74 Å². The highest BCUT2D eigenvalue weighted by Crippen LogP contribution is 2.38. The van der Waals surface area contributed by atoms with Gasteiger partial charge in [0.05, 0.1) is 26.1 Å². The van der Waals surface area contributed by atoms with E-state index in [1.165, 1.54) is 23.5 Å². The summed E-state index contributed by atoms with van der Waals surface area (Å²) in [7, 11) is 0. The number of rotatable bonds is 4. The number of thiazole rings is 1. The predicted molar refractivity (Wildman–Crippen MR) is 130 cm³/mol. The Morgan fingerprint density at radius 1 is 1.08 bits per heavy atom. The summed E-state index contributed by atoms with van der Waals surface area (Å²) < 4.78 is 46.4. The molecule has 0 saturated carbocycles. The first kappa shape index (κ1) is 23.5.